The van der Waals surface area contributed by atoms with E-state index in [1.54, 1.807) is 0 Å². The molecule has 0 nitrogen and oxygen atoms in total. The molecule has 2 atom stereocenters. The lowest BCUT2D eigenvalue weighted by atomic mass is 9.80. The molecule has 0 bridgehead atoms. The van der Waals surface area contributed by atoms with Gasteiger partial charge < -0.3 is 0 Å². The van der Waals surface area contributed by atoms with Crippen LogP contribution in [0.15, 0.2) is 0 Å². The second kappa shape index (κ2) is 2.73. The van der Waals surface area contributed by atoms with Crippen LogP contribution in [0.5, 0.6) is 0 Å². The van der Waals surface area contributed by atoms with Gasteiger partial charge in [0.05, 0.1) is 0 Å². The van der Waals surface area contributed by atoms with Crippen LogP contribution in [0, 0.1) is 11.3 Å². The van der Waals surface area contributed by atoms with E-state index in [1.165, 1.54) is 19.3 Å². The Morgan fingerprint density at radius 1 is 1.50 bits per heavy atom. The second-order valence-corrected chi connectivity index (χ2v) is 4.85. The van der Waals surface area contributed by atoms with Gasteiger partial charge in [0, 0.05) is 5.38 Å². The van der Waals surface area contributed by atoms with E-state index in [4.69, 9.17) is 11.6 Å². The van der Waals surface area contributed by atoms with Crippen molar-refractivity contribution >= 4 is 11.6 Å². The molecule has 1 rings (SSSR count). The van der Waals surface area contributed by atoms with Crippen LogP contribution in [0.25, 0.3) is 0 Å². The van der Waals surface area contributed by atoms with Crippen molar-refractivity contribution in [3.63, 3.8) is 0 Å². The first kappa shape index (κ1) is 8.39. The fraction of sp³-hybridized carbons (Fsp3) is 1.00. The minimum atomic E-state index is 0.359. The van der Waals surface area contributed by atoms with Gasteiger partial charge in [-0.05, 0) is 31.1 Å². The highest BCUT2D eigenvalue weighted by molar-refractivity contribution is 6.20. The van der Waals surface area contributed by atoms with Gasteiger partial charge in [0.2, 0.25) is 0 Å². The smallest absolute Gasteiger partial charge is 0.0341 e. The summed E-state index contributed by atoms with van der Waals surface area (Å²) in [5.41, 5.74) is 0.501. The molecular formula is C9H17Cl. The fourth-order valence-corrected chi connectivity index (χ4v) is 2.67. The van der Waals surface area contributed by atoms with Crippen LogP contribution in [0.2, 0.25) is 0 Å². The summed E-state index contributed by atoms with van der Waals surface area (Å²) in [6, 6.07) is 0. The standard InChI is InChI=1S/C9H17Cl/c1-7(10)8-5-4-6-9(8,2)3/h7-8H,4-6H2,1-3H3. The summed E-state index contributed by atoms with van der Waals surface area (Å²) in [4.78, 5) is 0. The van der Waals surface area contributed by atoms with Crippen LogP contribution < -0.4 is 0 Å². The average Bonchev–Trinajstić information content (AvgIpc) is 2.08. The largest absolute Gasteiger partial charge is 0.123 e. The Labute approximate surface area is 69.0 Å². The molecule has 0 spiro atoms. The molecular weight excluding hydrogens is 144 g/mol. The van der Waals surface area contributed by atoms with Gasteiger partial charge in [0.25, 0.3) is 0 Å². The predicted octanol–water partition coefficient (Wildman–Crippen LogP) is 3.44. The Kier molecular flexibility index (Phi) is 2.29. The van der Waals surface area contributed by atoms with Crippen LogP contribution in [-0.4, -0.2) is 5.38 Å². The molecule has 0 radical (unpaired) electrons. The molecule has 60 valence electrons. The third-order valence-corrected chi connectivity index (χ3v) is 3.20. The molecule has 1 aliphatic carbocycles. The Morgan fingerprint density at radius 3 is 2.30 bits per heavy atom. The van der Waals surface area contributed by atoms with Gasteiger partial charge >= 0.3 is 0 Å². The maximum absolute atomic E-state index is 6.07. The maximum Gasteiger partial charge on any atom is 0.0341 e. The molecule has 2 unspecified atom stereocenters. The topological polar surface area (TPSA) is 0 Å². The first-order valence-corrected chi connectivity index (χ1v) is 4.62. The minimum Gasteiger partial charge on any atom is -0.123 e. The lowest BCUT2D eigenvalue weighted by Crippen LogP contribution is -2.23. The van der Waals surface area contributed by atoms with E-state index in [2.05, 4.69) is 20.8 Å². The van der Waals surface area contributed by atoms with Crippen molar-refractivity contribution in [2.24, 2.45) is 11.3 Å². The van der Waals surface area contributed by atoms with Gasteiger partial charge in [0.15, 0.2) is 0 Å². The van der Waals surface area contributed by atoms with Crippen LogP contribution >= 0.6 is 11.6 Å². The van der Waals surface area contributed by atoms with E-state index in [0.29, 0.717) is 10.8 Å². The number of alkyl halides is 1. The Bertz CT molecular complexity index is 116. The Balaban J connectivity index is 2.59. The zero-order valence-electron chi connectivity index (χ0n) is 7.15. The maximum atomic E-state index is 6.07. The summed E-state index contributed by atoms with van der Waals surface area (Å²) in [5, 5.41) is 0.359. The van der Waals surface area contributed by atoms with Crippen molar-refractivity contribution in [1.29, 1.82) is 0 Å². The molecule has 0 aromatic heterocycles. The lowest BCUT2D eigenvalue weighted by molar-refractivity contribution is 0.257. The quantitative estimate of drug-likeness (QED) is 0.516. The van der Waals surface area contributed by atoms with Gasteiger partial charge in [0.1, 0.15) is 0 Å². The van der Waals surface area contributed by atoms with E-state index in [1.807, 2.05) is 0 Å². The van der Waals surface area contributed by atoms with Crippen LogP contribution in [0.4, 0.5) is 0 Å². The Morgan fingerprint density at radius 2 is 2.10 bits per heavy atom. The molecule has 1 heteroatoms. The monoisotopic (exact) mass is 160 g/mol. The van der Waals surface area contributed by atoms with Gasteiger partial charge in [-0.15, -0.1) is 11.6 Å². The molecule has 1 saturated carbocycles. The molecule has 10 heavy (non-hydrogen) atoms. The average molecular weight is 161 g/mol. The van der Waals surface area contributed by atoms with Gasteiger partial charge in [-0.1, -0.05) is 20.3 Å². The van der Waals surface area contributed by atoms with Crippen molar-refractivity contribution in [2.45, 2.75) is 45.4 Å². The summed E-state index contributed by atoms with van der Waals surface area (Å²) >= 11 is 6.07. The van der Waals surface area contributed by atoms with Crippen LogP contribution in [-0.2, 0) is 0 Å². The van der Waals surface area contributed by atoms with E-state index < -0.39 is 0 Å². The first-order chi connectivity index (χ1) is 4.54. The van der Waals surface area contributed by atoms with E-state index in [-0.39, 0.29) is 0 Å². The summed E-state index contributed by atoms with van der Waals surface area (Å²) in [5.74, 6) is 0.745. The highest BCUT2D eigenvalue weighted by Gasteiger charge is 2.36. The summed E-state index contributed by atoms with van der Waals surface area (Å²) in [7, 11) is 0. The van der Waals surface area contributed by atoms with Crippen LogP contribution in [0.1, 0.15) is 40.0 Å². The predicted molar refractivity (Wildman–Crippen MR) is 46.4 cm³/mol. The third kappa shape index (κ3) is 1.47. The van der Waals surface area contributed by atoms with Gasteiger partial charge in [-0.2, -0.15) is 0 Å². The normalized spacial score (nSPS) is 34.2. The third-order valence-electron chi connectivity index (χ3n) is 2.89. The minimum absolute atomic E-state index is 0.359. The van der Waals surface area contributed by atoms with Crippen molar-refractivity contribution in [3.05, 3.63) is 0 Å². The summed E-state index contributed by atoms with van der Waals surface area (Å²) < 4.78 is 0. The highest BCUT2D eigenvalue weighted by Crippen LogP contribution is 2.45. The molecule has 1 aliphatic rings. The molecule has 0 aliphatic heterocycles. The van der Waals surface area contributed by atoms with E-state index in [0.717, 1.165) is 5.92 Å². The Hall–Kier alpha value is 0.290. The molecule has 0 N–H and O–H groups in total. The molecule has 0 amide bonds. The van der Waals surface area contributed by atoms with Gasteiger partial charge in [-0.25, -0.2) is 0 Å². The SMILES string of the molecule is CC(Cl)C1CCCC1(C)C. The number of hydrogen-bond donors (Lipinski definition) is 0. The zero-order chi connectivity index (χ0) is 7.78. The van der Waals surface area contributed by atoms with Crippen molar-refractivity contribution in [1.82, 2.24) is 0 Å². The van der Waals surface area contributed by atoms with E-state index >= 15 is 0 Å². The number of hydrogen-bond acceptors (Lipinski definition) is 0. The molecule has 0 saturated heterocycles. The lowest BCUT2D eigenvalue weighted by Gasteiger charge is -2.28. The van der Waals surface area contributed by atoms with Crippen molar-refractivity contribution in [3.8, 4) is 0 Å². The fourth-order valence-electron chi connectivity index (χ4n) is 2.21. The van der Waals surface area contributed by atoms with Crippen LogP contribution in [0.3, 0.4) is 0 Å². The molecule has 1 fully saturated rings. The molecule has 0 heterocycles. The molecule has 0 aromatic carbocycles. The molecule has 0 aromatic rings. The summed E-state index contributed by atoms with van der Waals surface area (Å²) in [6.07, 6.45) is 4.06. The first-order valence-electron chi connectivity index (χ1n) is 4.18. The number of halogens is 1. The zero-order valence-corrected chi connectivity index (χ0v) is 7.91. The number of rotatable bonds is 1. The second-order valence-electron chi connectivity index (χ2n) is 4.16. The summed E-state index contributed by atoms with van der Waals surface area (Å²) in [6.45, 7) is 6.80. The van der Waals surface area contributed by atoms with E-state index in [9.17, 15) is 0 Å². The van der Waals surface area contributed by atoms with Gasteiger partial charge in [-0.3, -0.25) is 0 Å². The van der Waals surface area contributed by atoms with Crippen molar-refractivity contribution < 1.29 is 0 Å². The highest BCUT2D eigenvalue weighted by atomic mass is 35.5. The van der Waals surface area contributed by atoms with Crippen molar-refractivity contribution in [2.75, 3.05) is 0 Å².